The highest BCUT2D eigenvalue weighted by molar-refractivity contribution is 5.91. The van der Waals surface area contributed by atoms with Crippen LogP contribution < -0.4 is 0 Å². The van der Waals surface area contributed by atoms with E-state index in [9.17, 15) is 40.2 Å². The van der Waals surface area contributed by atoms with Crippen LogP contribution in [0.1, 0.15) is 59.8 Å². The Morgan fingerprint density at radius 3 is 2.42 bits per heavy atom. The zero-order chi connectivity index (χ0) is 28.6. The number of aliphatic hydroxyl groups excluding tert-OH is 6. The Hall–Kier alpha value is -2.24. The van der Waals surface area contributed by atoms with Gasteiger partial charge in [0.05, 0.1) is 12.2 Å². The molecule has 0 radical (unpaired) electrons. The third kappa shape index (κ3) is 5.42. The number of fused-ring (bicyclic) bond motifs is 1. The second-order valence-electron chi connectivity index (χ2n) is 11.7. The number of carbonyl (C=O) groups excluding carboxylic acids is 2. The minimum atomic E-state index is -2.11. The van der Waals surface area contributed by atoms with Gasteiger partial charge in [-0.3, -0.25) is 0 Å². The van der Waals surface area contributed by atoms with E-state index in [-0.39, 0.29) is 36.0 Å². The number of aliphatic hydroxyl groups is 6. The van der Waals surface area contributed by atoms with Crippen molar-refractivity contribution in [3.05, 3.63) is 35.1 Å². The van der Waals surface area contributed by atoms with Crippen LogP contribution >= 0.6 is 0 Å². The van der Waals surface area contributed by atoms with E-state index in [2.05, 4.69) is 13.5 Å². The van der Waals surface area contributed by atoms with Gasteiger partial charge in [-0.25, -0.2) is 9.59 Å². The quantitative estimate of drug-likeness (QED) is 0.115. The third-order valence-corrected chi connectivity index (χ3v) is 9.14. The van der Waals surface area contributed by atoms with Gasteiger partial charge >= 0.3 is 11.9 Å². The molecule has 2 saturated carbocycles. The summed E-state index contributed by atoms with van der Waals surface area (Å²) in [6.45, 7) is 10.9. The minimum Gasteiger partial charge on any atom is -0.510 e. The van der Waals surface area contributed by atoms with Gasteiger partial charge in [0.25, 0.3) is 0 Å². The van der Waals surface area contributed by atoms with Crippen LogP contribution in [0.2, 0.25) is 0 Å². The number of esters is 2. The molecule has 6 N–H and O–H groups in total. The molecule has 3 aliphatic rings. The summed E-state index contributed by atoms with van der Waals surface area (Å²) in [6.07, 6.45) is -3.18. The first-order valence-corrected chi connectivity index (χ1v) is 13.1. The Balaban J connectivity index is 1.80. The summed E-state index contributed by atoms with van der Waals surface area (Å²) >= 11 is 0. The monoisotopic (exact) mass is 538 g/mol. The van der Waals surface area contributed by atoms with Crippen LogP contribution in [0.4, 0.5) is 0 Å². The Morgan fingerprint density at radius 1 is 1.21 bits per heavy atom. The van der Waals surface area contributed by atoms with Crippen LogP contribution in [0.25, 0.3) is 0 Å². The number of hydrogen-bond donors (Lipinski definition) is 6. The van der Waals surface area contributed by atoms with Gasteiger partial charge in [0, 0.05) is 5.41 Å². The summed E-state index contributed by atoms with van der Waals surface area (Å²) in [7, 11) is 0. The molecule has 0 aromatic rings. The molecule has 214 valence electrons. The van der Waals surface area contributed by atoms with E-state index in [0.29, 0.717) is 37.7 Å². The fraction of sp³-hybridized carbons (Fsp3) is 0.714. The molecule has 1 aliphatic heterocycles. The van der Waals surface area contributed by atoms with E-state index in [0.717, 1.165) is 5.57 Å². The highest BCUT2D eigenvalue weighted by atomic mass is 16.6. The highest BCUT2D eigenvalue weighted by Gasteiger charge is 2.59. The SMILES string of the molecule is C=C1CCC2[C@](C)(CO)[C@H](OC(=O)[C@H](O)[C@H](O)[C@H](O)C(O)=C(C)C)CC[C@@]2(C)[C@@H]1C/C=C1\C(=O)OCC1O. The second kappa shape index (κ2) is 11.5. The molecule has 0 spiro atoms. The molecule has 1 saturated heterocycles. The van der Waals surface area contributed by atoms with Gasteiger partial charge in [0.1, 0.15) is 36.8 Å². The van der Waals surface area contributed by atoms with E-state index < -0.39 is 53.6 Å². The summed E-state index contributed by atoms with van der Waals surface area (Å²) in [6, 6.07) is 0. The predicted molar refractivity (Wildman–Crippen MR) is 136 cm³/mol. The Morgan fingerprint density at radius 2 is 1.87 bits per heavy atom. The van der Waals surface area contributed by atoms with Crippen molar-refractivity contribution in [1.29, 1.82) is 0 Å². The second-order valence-corrected chi connectivity index (χ2v) is 11.7. The Kier molecular flexibility index (Phi) is 9.15. The highest BCUT2D eigenvalue weighted by Crippen LogP contribution is 2.62. The predicted octanol–water partition coefficient (Wildman–Crippen LogP) is 1.45. The van der Waals surface area contributed by atoms with Crippen LogP contribution in [-0.4, -0.2) is 86.3 Å². The van der Waals surface area contributed by atoms with Crippen molar-refractivity contribution in [1.82, 2.24) is 0 Å². The topological polar surface area (TPSA) is 174 Å². The van der Waals surface area contributed by atoms with Crippen molar-refractivity contribution in [2.45, 2.75) is 90.3 Å². The summed E-state index contributed by atoms with van der Waals surface area (Å²) in [4.78, 5) is 24.8. The molecule has 10 heteroatoms. The fourth-order valence-electron chi connectivity index (χ4n) is 6.72. The van der Waals surface area contributed by atoms with Gasteiger partial charge in [-0.15, -0.1) is 0 Å². The van der Waals surface area contributed by atoms with Crippen LogP contribution in [0.3, 0.4) is 0 Å². The number of allylic oxidation sites excluding steroid dienone is 3. The molecule has 2 aliphatic carbocycles. The van der Waals surface area contributed by atoms with Crippen molar-refractivity contribution in [3.63, 3.8) is 0 Å². The number of cyclic esters (lactones) is 1. The fourth-order valence-corrected chi connectivity index (χ4v) is 6.72. The molecule has 0 bridgehead atoms. The molecule has 0 aromatic heterocycles. The number of ether oxygens (including phenoxy) is 2. The van der Waals surface area contributed by atoms with Crippen molar-refractivity contribution in [2.75, 3.05) is 13.2 Å². The van der Waals surface area contributed by atoms with E-state index in [1.54, 1.807) is 6.08 Å². The third-order valence-electron chi connectivity index (χ3n) is 9.14. The van der Waals surface area contributed by atoms with Crippen LogP contribution in [0, 0.1) is 22.7 Å². The maximum absolute atomic E-state index is 12.8. The molecule has 3 rings (SSSR count). The summed E-state index contributed by atoms with van der Waals surface area (Å²) < 4.78 is 10.6. The Labute approximate surface area is 223 Å². The summed E-state index contributed by atoms with van der Waals surface area (Å²) in [5, 5.41) is 61.3. The van der Waals surface area contributed by atoms with Gasteiger partial charge in [-0.05, 0) is 68.8 Å². The number of carbonyl (C=O) groups is 2. The van der Waals surface area contributed by atoms with E-state index in [1.165, 1.54) is 13.8 Å². The molecule has 1 heterocycles. The largest absolute Gasteiger partial charge is 0.510 e. The minimum absolute atomic E-state index is 0.0496. The summed E-state index contributed by atoms with van der Waals surface area (Å²) in [5.74, 6) is -2.38. The number of rotatable bonds is 8. The van der Waals surface area contributed by atoms with Crippen LogP contribution in [0.15, 0.2) is 35.1 Å². The average Bonchev–Trinajstić information content (AvgIpc) is 3.20. The molecule has 9 atom stereocenters. The lowest BCUT2D eigenvalue weighted by molar-refractivity contribution is -0.199. The average molecular weight is 539 g/mol. The van der Waals surface area contributed by atoms with E-state index in [4.69, 9.17) is 9.47 Å². The molecular weight excluding hydrogens is 496 g/mol. The standard InChI is InChI=1S/C28H42O10/c1-14(2)21(31)22(32)23(33)24(34)26(36)38-20-10-11-27(4)17(8-7-16-18(30)12-37-25(16)35)15(3)6-9-19(27)28(20,5)13-29/h7,17-20,22-24,29-34H,3,6,8-13H2,1-2,4-5H3/b16-7-/t17-,18?,19?,20-,22-,23-,24-,27+,28+/m1/s1. The van der Waals surface area contributed by atoms with Crippen molar-refractivity contribution < 1.29 is 49.7 Å². The molecule has 10 nitrogen and oxygen atoms in total. The molecule has 2 unspecified atom stereocenters. The Bertz CT molecular complexity index is 998. The molecule has 0 amide bonds. The van der Waals surface area contributed by atoms with Gasteiger partial charge in [0.15, 0.2) is 6.10 Å². The maximum atomic E-state index is 12.8. The van der Waals surface area contributed by atoms with Crippen LogP contribution in [0.5, 0.6) is 0 Å². The van der Waals surface area contributed by atoms with E-state index in [1.807, 2.05) is 6.92 Å². The van der Waals surface area contributed by atoms with Crippen molar-refractivity contribution in [3.8, 4) is 0 Å². The first kappa shape index (κ1) is 30.3. The molecule has 38 heavy (non-hydrogen) atoms. The normalized spacial score (nSPS) is 36.7. The lowest BCUT2D eigenvalue weighted by Crippen LogP contribution is -2.59. The molecule has 3 fully saturated rings. The maximum Gasteiger partial charge on any atom is 0.338 e. The lowest BCUT2D eigenvalue weighted by Gasteiger charge is -2.60. The van der Waals surface area contributed by atoms with Gasteiger partial charge < -0.3 is 40.1 Å². The van der Waals surface area contributed by atoms with Gasteiger partial charge in [0.2, 0.25) is 0 Å². The van der Waals surface area contributed by atoms with E-state index >= 15 is 0 Å². The van der Waals surface area contributed by atoms with Gasteiger partial charge in [-0.2, -0.15) is 0 Å². The molecular formula is C28H42O10. The van der Waals surface area contributed by atoms with Crippen molar-refractivity contribution in [2.24, 2.45) is 22.7 Å². The summed E-state index contributed by atoms with van der Waals surface area (Å²) in [5.41, 5.74) is 0.337. The lowest BCUT2D eigenvalue weighted by atomic mass is 9.46. The van der Waals surface area contributed by atoms with Crippen LogP contribution in [-0.2, 0) is 19.1 Å². The number of hydrogen-bond acceptors (Lipinski definition) is 10. The molecule has 0 aromatic carbocycles. The zero-order valence-corrected chi connectivity index (χ0v) is 22.6. The first-order chi connectivity index (χ1) is 17.7. The van der Waals surface area contributed by atoms with Crippen molar-refractivity contribution >= 4 is 11.9 Å². The smallest absolute Gasteiger partial charge is 0.338 e. The first-order valence-electron chi connectivity index (χ1n) is 13.1. The van der Waals surface area contributed by atoms with Gasteiger partial charge in [-0.1, -0.05) is 32.1 Å². The zero-order valence-electron chi connectivity index (χ0n) is 22.6.